The third-order valence-corrected chi connectivity index (χ3v) is 20.4. The lowest BCUT2D eigenvalue weighted by Crippen LogP contribution is -2.42. The lowest BCUT2D eigenvalue weighted by Gasteiger charge is -2.37. The molecule has 0 saturated carbocycles. The van der Waals surface area contributed by atoms with Crippen LogP contribution in [0.15, 0.2) is 23.5 Å². The Kier molecular flexibility index (Phi) is 18.0. The predicted octanol–water partition coefficient (Wildman–Crippen LogP) is 10.5. The molecule has 1 aliphatic rings. The fourth-order valence-corrected chi connectivity index (χ4v) is 11.8. The van der Waals surface area contributed by atoms with Crippen molar-refractivity contribution in [2.45, 2.75) is 187 Å². The van der Waals surface area contributed by atoms with Crippen molar-refractivity contribution >= 4 is 30.9 Å². The van der Waals surface area contributed by atoms with E-state index < -0.39 is 31.1 Å². The predicted molar refractivity (Wildman–Crippen MR) is 206 cm³/mol. The molecule has 0 fully saturated rings. The normalized spacial score (nSPS) is 19.8. The minimum absolute atomic E-state index is 0.0472. The number of hydrogen-bond acceptors (Lipinski definition) is 6. The summed E-state index contributed by atoms with van der Waals surface area (Å²) in [4.78, 5) is 11.5. The van der Waals surface area contributed by atoms with Crippen LogP contribution in [0.4, 0.5) is 0 Å². The first-order valence-corrected chi connectivity index (χ1v) is 27.2. The zero-order chi connectivity index (χ0) is 36.1. The Morgan fingerprint density at radius 1 is 1.04 bits per heavy atom. The molecule has 0 heterocycles. The molecule has 47 heavy (non-hydrogen) atoms. The summed E-state index contributed by atoms with van der Waals surface area (Å²) < 4.78 is 25.9. The van der Waals surface area contributed by atoms with Crippen molar-refractivity contribution in [2.24, 2.45) is 5.92 Å². The molecule has 0 saturated heterocycles. The van der Waals surface area contributed by atoms with Gasteiger partial charge in [-0.25, -0.2) is 0 Å². The topological polar surface area (TPSA) is 74.2 Å². The minimum atomic E-state index is -2.11. The zero-order valence-corrected chi connectivity index (χ0v) is 35.9. The van der Waals surface area contributed by atoms with Gasteiger partial charge in [-0.15, -0.1) is 5.92 Å². The lowest BCUT2D eigenvalue weighted by atomic mass is 9.91. The van der Waals surface area contributed by atoms with E-state index in [0.717, 1.165) is 62.4 Å². The standard InChI is InChI=1S/C38H72O6Si3/c1-15-19-28-38(8,44-45(10,11)12)29-22-25-33-32(24-21-20-23-31(39)26-27-36(40)41-9)34(42-46(13,14)37(5,6)7)30-35(33)43-47(16-2,17-3)18-4/h22,25,31,33,35,39H,15-19,21,24,26-30H2,1-14H3/b25-22+/t31?,33-,35-,38?/m1/s1. The van der Waals surface area contributed by atoms with E-state index in [4.69, 9.17) is 18.0 Å². The van der Waals surface area contributed by atoms with Crippen LogP contribution >= 0.6 is 0 Å². The smallest absolute Gasteiger partial charge is 0.305 e. The Balaban J connectivity index is 3.58. The SMILES string of the molecule is CCCCC(C)(C/C=C/[C@@H]1C(CCC#CC(O)CCC(=O)OC)=C(O[Si](C)(C)C(C)(C)C)C[C@H]1O[Si](CC)(CC)CC)O[Si](C)(C)C. The number of aliphatic hydroxyl groups is 1. The van der Waals surface area contributed by atoms with Crippen LogP contribution in [0.2, 0.25) is 55.9 Å². The van der Waals surface area contributed by atoms with E-state index >= 15 is 0 Å². The summed E-state index contributed by atoms with van der Waals surface area (Å²) in [6.45, 7) is 29.8. The Morgan fingerprint density at radius 2 is 1.66 bits per heavy atom. The monoisotopic (exact) mass is 708 g/mol. The summed E-state index contributed by atoms with van der Waals surface area (Å²) in [6, 6.07) is 3.32. The number of carbonyl (C=O) groups excluding carboxylic acids is 1. The van der Waals surface area contributed by atoms with Gasteiger partial charge in [-0.3, -0.25) is 4.79 Å². The van der Waals surface area contributed by atoms with Gasteiger partial charge in [0.15, 0.2) is 16.6 Å². The minimum Gasteiger partial charge on any atom is -0.546 e. The van der Waals surface area contributed by atoms with E-state index in [1.165, 1.54) is 12.7 Å². The Hall–Kier alpha value is -1.16. The van der Waals surface area contributed by atoms with Gasteiger partial charge in [-0.1, -0.05) is 79.4 Å². The van der Waals surface area contributed by atoms with Crippen LogP contribution in [0.3, 0.4) is 0 Å². The van der Waals surface area contributed by atoms with E-state index in [1.54, 1.807) is 0 Å². The lowest BCUT2D eigenvalue weighted by molar-refractivity contribution is -0.141. The van der Waals surface area contributed by atoms with Crippen molar-refractivity contribution in [3.05, 3.63) is 23.5 Å². The molecular weight excluding hydrogens is 637 g/mol. The van der Waals surface area contributed by atoms with Crippen LogP contribution in [-0.4, -0.2) is 60.9 Å². The number of esters is 1. The maximum Gasteiger partial charge on any atom is 0.305 e. The average Bonchev–Trinajstić information content (AvgIpc) is 3.28. The fraction of sp³-hybridized carbons (Fsp3) is 0.816. The van der Waals surface area contributed by atoms with Crippen molar-refractivity contribution in [3.63, 3.8) is 0 Å². The van der Waals surface area contributed by atoms with Crippen molar-refractivity contribution in [3.8, 4) is 11.8 Å². The van der Waals surface area contributed by atoms with Crippen LogP contribution in [0, 0.1) is 17.8 Å². The highest BCUT2D eigenvalue weighted by atomic mass is 28.4. The quantitative estimate of drug-likeness (QED) is 0.0587. The second-order valence-corrected chi connectivity index (χ2v) is 30.2. The third kappa shape index (κ3) is 14.7. The Bertz CT molecular complexity index is 1080. The fourth-order valence-electron chi connectivity index (χ4n) is 6.17. The summed E-state index contributed by atoms with van der Waals surface area (Å²) in [5.41, 5.74) is 1.11. The first kappa shape index (κ1) is 43.9. The molecular formula is C38H72O6Si3. The van der Waals surface area contributed by atoms with E-state index in [2.05, 4.69) is 112 Å². The molecule has 0 aromatic rings. The molecule has 4 atom stereocenters. The van der Waals surface area contributed by atoms with Crippen LogP contribution < -0.4 is 0 Å². The third-order valence-electron chi connectivity index (χ3n) is 10.2. The van der Waals surface area contributed by atoms with E-state index in [-0.39, 0.29) is 41.5 Å². The van der Waals surface area contributed by atoms with Crippen molar-refractivity contribution < 1.29 is 27.9 Å². The molecule has 0 amide bonds. The molecule has 1 rings (SSSR count). The number of aliphatic hydroxyl groups excluding tert-OH is 1. The van der Waals surface area contributed by atoms with Gasteiger partial charge in [-0.05, 0) is 94.1 Å². The van der Waals surface area contributed by atoms with E-state index in [1.807, 2.05) is 0 Å². The summed E-state index contributed by atoms with van der Waals surface area (Å²) >= 11 is 0. The van der Waals surface area contributed by atoms with Gasteiger partial charge < -0.3 is 23.1 Å². The summed E-state index contributed by atoms with van der Waals surface area (Å²) in [7, 11) is -4.39. The first-order valence-electron chi connectivity index (χ1n) is 18.4. The van der Waals surface area contributed by atoms with E-state index in [9.17, 15) is 9.90 Å². The van der Waals surface area contributed by atoms with Gasteiger partial charge in [0, 0.05) is 25.2 Å². The highest BCUT2D eigenvalue weighted by Crippen LogP contribution is 2.46. The first-order chi connectivity index (χ1) is 21.7. The number of methoxy groups -OCH3 is 1. The molecule has 1 aliphatic carbocycles. The van der Waals surface area contributed by atoms with Crippen LogP contribution in [0.5, 0.6) is 0 Å². The van der Waals surface area contributed by atoms with Crippen LogP contribution in [0.25, 0.3) is 0 Å². The summed E-state index contributed by atoms with van der Waals surface area (Å²) in [6.07, 6.45) is 10.8. The van der Waals surface area contributed by atoms with Crippen LogP contribution in [0.1, 0.15) is 113 Å². The van der Waals surface area contributed by atoms with Gasteiger partial charge in [-0.2, -0.15) is 0 Å². The van der Waals surface area contributed by atoms with Gasteiger partial charge >= 0.3 is 5.97 Å². The average molecular weight is 709 g/mol. The maximum absolute atomic E-state index is 11.5. The largest absolute Gasteiger partial charge is 0.546 e. The zero-order valence-electron chi connectivity index (χ0n) is 32.9. The van der Waals surface area contributed by atoms with Gasteiger partial charge in [0.2, 0.25) is 8.32 Å². The molecule has 0 spiro atoms. The number of unbranched alkanes of at least 4 members (excludes halogenated alkanes) is 1. The van der Waals surface area contributed by atoms with E-state index in [0.29, 0.717) is 6.42 Å². The molecule has 0 radical (unpaired) electrons. The highest BCUT2D eigenvalue weighted by Gasteiger charge is 2.45. The highest BCUT2D eigenvalue weighted by molar-refractivity contribution is 6.74. The summed E-state index contributed by atoms with van der Waals surface area (Å²) in [5, 5.41) is 10.4. The second-order valence-electron chi connectivity index (χ2n) is 16.3. The summed E-state index contributed by atoms with van der Waals surface area (Å²) in [5.74, 6) is 7.05. The van der Waals surface area contributed by atoms with Crippen molar-refractivity contribution in [1.29, 1.82) is 0 Å². The number of hydrogen-bond donors (Lipinski definition) is 1. The molecule has 0 aromatic heterocycles. The molecule has 0 aliphatic heterocycles. The second kappa shape index (κ2) is 19.3. The molecule has 6 nitrogen and oxygen atoms in total. The van der Waals surface area contributed by atoms with Crippen LogP contribution in [-0.2, 0) is 22.8 Å². The Morgan fingerprint density at radius 3 is 2.17 bits per heavy atom. The molecule has 272 valence electrons. The van der Waals surface area contributed by atoms with Gasteiger partial charge in [0.05, 0.1) is 24.6 Å². The number of carbonyl (C=O) groups is 1. The molecule has 0 aromatic carbocycles. The van der Waals surface area contributed by atoms with Crippen molar-refractivity contribution in [2.75, 3.05) is 7.11 Å². The van der Waals surface area contributed by atoms with Gasteiger partial charge in [0.25, 0.3) is 0 Å². The molecule has 9 heteroatoms. The maximum atomic E-state index is 11.5. The number of ether oxygens (including phenoxy) is 1. The molecule has 2 unspecified atom stereocenters. The van der Waals surface area contributed by atoms with Crippen molar-refractivity contribution in [1.82, 2.24) is 0 Å². The van der Waals surface area contributed by atoms with Gasteiger partial charge in [0.1, 0.15) is 6.10 Å². The molecule has 0 bridgehead atoms. The molecule has 1 N–H and O–H groups in total. The number of rotatable bonds is 20. The Labute approximate surface area is 293 Å².